The summed E-state index contributed by atoms with van der Waals surface area (Å²) in [4.78, 5) is 14.5. The van der Waals surface area contributed by atoms with E-state index in [9.17, 15) is 9.90 Å². The maximum Gasteiger partial charge on any atom is 0.178 e. The number of nitrogens with zero attached hydrogens (tertiary/aromatic N) is 2. The molecule has 0 amide bonds. The normalized spacial score (nSPS) is 24.1. The number of carbonyl (C=O) groups is 1. The largest absolute Gasteiger partial charge is 0.392 e. The fourth-order valence-corrected chi connectivity index (χ4v) is 3.12. The Morgan fingerprint density at radius 1 is 1.45 bits per heavy atom. The zero-order valence-electron chi connectivity index (χ0n) is 13.0. The number of hydrogen-bond acceptors (Lipinski definition) is 3. The average molecular weight is 278 g/mol. The molecule has 112 valence electrons. The Bertz CT molecular complexity index is 493. The zero-order valence-corrected chi connectivity index (χ0v) is 13.0. The molecule has 1 aliphatic heterocycles. The zero-order chi connectivity index (χ0) is 14.9. The topological polar surface area (TPSA) is 45.5 Å². The van der Waals surface area contributed by atoms with Crippen molar-refractivity contribution in [1.29, 1.82) is 0 Å². The third-order valence-corrected chi connectivity index (χ3v) is 4.56. The maximum atomic E-state index is 12.5. The second-order valence-corrected chi connectivity index (χ2v) is 6.02. The number of aryl methyl sites for hydroxylation is 1. The molecular weight excluding hydrogens is 252 g/mol. The molecule has 0 spiro atoms. The first kappa shape index (κ1) is 15.3. The smallest absolute Gasteiger partial charge is 0.178 e. The molecule has 0 radical (unpaired) electrons. The maximum absolute atomic E-state index is 12.5. The number of rotatable bonds is 4. The number of ketones is 1. The third kappa shape index (κ3) is 2.96. The van der Waals surface area contributed by atoms with Crippen LogP contribution in [0.1, 0.15) is 42.0 Å². The molecule has 1 aromatic rings. The van der Waals surface area contributed by atoms with E-state index in [1.807, 2.05) is 19.9 Å². The van der Waals surface area contributed by atoms with Gasteiger partial charge in [-0.15, -0.1) is 0 Å². The lowest BCUT2D eigenvalue weighted by atomic mass is 9.95. The van der Waals surface area contributed by atoms with E-state index in [0.717, 1.165) is 36.5 Å². The van der Waals surface area contributed by atoms with Gasteiger partial charge in [0, 0.05) is 30.0 Å². The number of hydrogen-bond donors (Lipinski definition) is 1. The second kappa shape index (κ2) is 6.10. The van der Waals surface area contributed by atoms with Gasteiger partial charge in [-0.1, -0.05) is 6.92 Å². The SMILES string of the molecule is CCn1c(C)cc(C(=O)CN2CCC(C)C(O)C2)c1C. The Kier molecular flexibility index (Phi) is 4.66. The molecule has 2 heterocycles. The van der Waals surface area contributed by atoms with Gasteiger partial charge in [-0.3, -0.25) is 9.69 Å². The van der Waals surface area contributed by atoms with Crippen LogP contribution in [-0.4, -0.2) is 46.1 Å². The van der Waals surface area contributed by atoms with Crippen molar-refractivity contribution in [2.45, 2.75) is 46.8 Å². The standard InChI is InChI=1S/C16H26N2O2/c1-5-18-12(3)8-14(13(18)4)16(20)10-17-7-6-11(2)15(19)9-17/h8,11,15,19H,5-7,9-10H2,1-4H3. The van der Waals surface area contributed by atoms with E-state index >= 15 is 0 Å². The van der Waals surface area contributed by atoms with Gasteiger partial charge in [0.25, 0.3) is 0 Å². The van der Waals surface area contributed by atoms with Crippen LogP contribution in [0, 0.1) is 19.8 Å². The van der Waals surface area contributed by atoms with Gasteiger partial charge in [0.2, 0.25) is 0 Å². The van der Waals surface area contributed by atoms with Crippen molar-refractivity contribution in [2.24, 2.45) is 5.92 Å². The van der Waals surface area contributed by atoms with Gasteiger partial charge in [-0.2, -0.15) is 0 Å². The Hall–Kier alpha value is -1.13. The molecule has 1 saturated heterocycles. The number of carbonyl (C=O) groups excluding carboxylic acids is 1. The number of Topliss-reactive ketones (excluding diaryl/α,β-unsaturated/α-hetero) is 1. The summed E-state index contributed by atoms with van der Waals surface area (Å²) in [6.07, 6.45) is 0.655. The van der Waals surface area contributed by atoms with Crippen LogP contribution in [-0.2, 0) is 6.54 Å². The summed E-state index contributed by atoms with van der Waals surface area (Å²) in [6.45, 7) is 11.0. The van der Waals surface area contributed by atoms with E-state index in [1.165, 1.54) is 0 Å². The molecule has 1 aliphatic rings. The molecule has 0 aliphatic carbocycles. The van der Waals surface area contributed by atoms with Crippen LogP contribution >= 0.6 is 0 Å². The number of likely N-dealkylation sites (tertiary alicyclic amines) is 1. The van der Waals surface area contributed by atoms with Crippen molar-refractivity contribution in [3.05, 3.63) is 23.0 Å². The Morgan fingerprint density at radius 3 is 2.70 bits per heavy atom. The van der Waals surface area contributed by atoms with E-state index in [4.69, 9.17) is 0 Å². The molecule has 1 N–H and O–H groups in total. The summed E-state index contributed by atoms with van der Waals surface area (Å²) in [5.74, 6) is 0.506. The number of aliphatic hydroxyl groups excluding tert-OH is 1. The van der Waals surface area contributed by atoms with E-state index in [2.05, 4.69) is 23.3 Å². The molecule has 0 saturated carbocycles. The first-order valence-corrected chi connectivity index (χ1v) is 7.54. The van der Waals surface area contributed by atoms with Crippen LogP contribution in [0.15, 0.2) is 6.07 Å². The van der Waals surface area contributed by atoms with Crippen LogP contribution in [0.4, 0.5) is 0 Å². The molecule has 4 heteroatoms. The number of β-amino-alcohol motifs (C(OH)–C–C–N with tert-alkyl or cyclic N) is 1. The highest BCUT2D eigenvalue weighted by atomic mass is 16.3. The molecule has 2 rings (SSSR count). The molecule has 1 fully saturated rings. The first-order chi connectivity index (χ1) is 9.43. The summed E-state index contributed by atoms with van der Waals surface area (Å²) in [5.41, 5.74) is 3.03. The van der Waals surface area contributed by atoms with Gasteiger partial charge in [0.1, 0.15) is 0 Å². The summed E-state index contributed by atoms with van der Waals surface area (Å²) < 4.78 is 2.17. The molecular formula is C16H26N2O2. The lowest BCUT2D eigenvalue weighted by molar-refractivity contribution is 0.0294. The Morgan fingerprint density at radius 2 is 2.15 bits per heavy atom. The van der Waals surface area contributed by atoms with E-state index < -0.39 is 0 Å². The van der Waals surface area contributed by atoms with Gasteiger partial charge in [-0.05, 0) is 45.7 Å². The molecule has 0 aromatic carbocycles. The number of piperidine rings is 1. The van der Waals surface area contributed by atoms with E-state index in [0.29, 0.717) is 19.0 Å². The fraction of sp³-hybridized carbons (Fsp3) is 0.688. The van der Waals surface area contributed by atoms with Crippen molar-refractivity contribution in [3.63, 3.8) is 0 Å². The molecule has 2 unspecified atom stereocenters. The van der Waals surface area contributed by atoms with E-state index in [-0.39, 0.29) is 11.9 Å². The summed E-state index contributed by atoms with van der Waals surface area (Å²) >= 11 is 0. The third-order valence-electron chi connectivity index (χ3n) is 4.56. The Labute approximate surface area is 121 Å². The van der Waals surface area contributed by atoms with Gasteiger partial charge >= 0.3 is 0 Å². The average Bonchev–Trinajstić information content (AvgIpc) is 2.69. The van der Waals surface area contributed by atoms with Crippen molar-refractivity contribution >= 4 is 5.78 Å². The van der Waals surface area contributed by atoms with Crippen LogP contribution in [0.5, 0.6) is 0 Å². The monoisotopic (exact) mass is 278 g/mol. The van der Waals surface area contributed by atoms with Crippen molar-refractivity contribution in [2.75, 3.05) is 19.6 Å². The minimum Gasteiger partial charge on any atom is -0.392 e. The quantitative estimate of drug-likeness (QED) is 0.857. The van der Waals surface area contributed by atoms with Crippen LogP contribution in [0.2, 0.25) is 0 Å². The van der Waals surface area contributed by atoms with Crippen LogP contribution < -0.4 is 0 Å². The highest BCUT2D eigenvalue weighted by Crippen LogP contribution is 2.19. The van der Waals surface area contributed by atoms with Crippen LogP contribution in [0.25, 0.3) is 0 Å². The lowest BCUT2D eigenvalue weighted by Gasteiger charge is -2.33. The van der Waals surface area contributed by atoms with Gasteiger partial charge in [0.05, 0.1) is 12.6 Å². The molecule has 1 aromatic heterocycles. The lowest BCUT2D eigenvalue weighted by Crippen LogP contribution is -2.44. The minimum absolute atomic E-state index is 0.166. The predicted octanol–water partition coefficient (Wildman–Crippen LogP) is 2.01. The van der Waals surface area contributed by atoms with E-state index in [1.54, 1.807) is 0 Å². The highest BCUT2D eigenvalue weighted by Gasteiger charge is 2.26. The van der Waals surface area contributed by atoms with Gasteiger partial charge in [0.15, 0.2) is 5.78 Å². The molecule has 2 atom stereocenters. The summed E-state index contributed by atoms with van der Waals surface area (Å²) in [7, 11) is 0. The van der Waals surface area contributed by atoms with Gasteiger partial charge < -0.3 is 9.67 Å². The van der Waals surface area contributed by atoms with Crippen LogP contribution in [0.3, 0.4) is 0 Å². The number of aromatic nitrogens is 1. The fourth-order valence-electron chi connectivity index (χ4n) is 3.12. The predicted molar refractivity (Wildman–Crippen MR) is 80.1 cm³/mol. The van der Waals surface area contributed by atoms with Crippen molar-refractivity contribution < 1.29 is 9.90 Å². The first-order valence-electron chi connectivity index (χ1n) is 7.54. The number of aliphatic hydroxyl groups is 1. The second-order valence-electron chi connectivity index (χ2n) is 6.02. The molecule has 4 nitrogen and oxygen atoms in total. The molecule has 20 heavy (non-hydrogen) atoms. The highest BCUT2D eigenvalue weighted by molar-refractivity contribution is 5.99. The minimum atomic E-state index is -0.306. The Balaban J connectivity index is 2.05. The molecule has 0 bridgehead atoms. The summed E-state index contributed by atoms with van der Waals surface area (Å²) in [5, 5.41) is 9.92. The summed E-state index contributed by atoms with van der Waals surface area (Å²) in [6, 6.07) is 1.99. The van der Waals surface area contributed by atoms with Crippen molar-refractivity contribution in [1.82, 2.24) is 9.47 Å². The van der Waals surface area contributed by atoms with Crippen molar-refractivity contribution in [3.8, 4) is 0 Å². The van der Waals surface area contributed by atoms with Gasteiger partial charge in [-0.25, -0.2) is 0 Å².